The van der Waals surface area contributed by atoms with E-state index in [1.165, 1.54) is 61.3 Å². The van der Waals surface area contributed by atoms with Crippen molar-refractivity contribution in [2.45, 2.75) is 12.0 Å². The number of hydrazone groups is 1. The molecular weight excluding hydrogens is 530 g/mol. The Labute approximate surface area is 225 Å². The fraction of sp³-hybridized carbons (Fsp3) is 0.107. The Kier molecular flexibility index (Phi) is 7.33. The number of rotatable bonds is 8. The SMILES string of the molecule is COc1c(OCc2ccc(C(=O)O)o2)cccc1C1SC(c2ccc(F)cc2)=NN1C(=O)c1ccccc1F. The highest BCUT2D eigenvalue weighted by atomic mass is 32.2. The van der Waals surface area contributed by atoms with Crippen LogP contribution in [0.4, 0.5) is 8.78 Å². The minimum absolute atomic E-state index is 0.0832. The molecule has 3 aromatic carbocycles. The zero-order valence-electron chi connectivity index (χ0n) is 20.3. The number of carbonyl (C=O) groups is 2. The van der Waals surface area contributed by atoms with E-state index in [4.69, 9.17) is 19.0 Å². The van der Waals surface area contributed by atoms with Crippen LogP contribution in [-0.4, -0.2) is 34.1 Å². The fourth-order valence-corrected chi connectivity index (χ4v) is 5.11. The quantitative estimate of drug-likeness (QED) is 0.283. The van der Waals surface area contributed by atoms with Gasteiger partial charge in [-0.25, -0.2) is 18.6 Å². The second-order valence-corrected chi connectivity index (χ2v) is 9.32. The second kappa shape index (κ2) is 11.0. The molecule has 1 unspecified atom stereocenters. The molecule has 1 N–H and O–H groups in total. The van der Waals surface area contributed by atoms with Crippen molar-refractivity contribution in [2.24, 2.45) is 5.10 Å². The van der Waals surface area contributed by atoms with Gasteiger partial charge < -0.3 is 19.0 Å². The van der Waals surface area contributed by atoms with Crippen LogP contribution in [0.5, 0.6) is 11.5 Å². The van der Waals surface area contributed by atoms with Gasteiger partial charge >= 0.3 is 5.97 Å². The smallest absolute Gasteiger partial charge is 0.371 e. The normalized spacial score (nSPS) is 14.7. The maximum Gasteiger partial charge on any atom is 0.371 e. The van der Waals surface area contributed by atoms with Crippen LogP contribution in [0, 0.1) is 11.6 Å². The van der Waals surface area contributed by atoms with E-state index in [1.807, 2.05) is 0 Å². The van der Waals surface area contributed by atoms with Crippen molar-refractivity contribution in [3.63, 3.8) is 0 Å². The molecule has 0 fully saturated rings. The molecule has 1 aromatic heterocycles. The summed E-state index contributed by atoms with van der Waals surface area (Å²) < 4.78 is 44.9. The van der Waals surface area contributed by atoms with Gasteiger partial charge in [-0.1, -0.05) is 36.0 Å². The van der Waals surface area contributed by atoms with Gasteiger partial charge in [0.1, 0.15) is 34.4 Å². The van der Waals surface area contributed by atoms with Gasteiger partial charge in [0.05, 0.1) is 12.7 Å². The highest BCUT2D eigenvalue weighted by Crippen LogP contribution is 2.47. The Hall–Kier alpha value is -4.64. The number of para-hydroxylation sites is 1. The molecule has 0 bridgehead atoms. The van der Waals surface area contributed by atoms with Crippen molar-refractivity contribution in [3.8, 4) is 11.5 Å². The molecule has 1 aliphatic heterocycles. The molecule has 0 radical (unpaired) electrons. The summed E-state index contributed by atoms with van der Waals surface area (Å²) in [5, 5.41) is 14.4. The molecule has 1 atom stereocenters. The van der Waals surface area contributed by atoms with Gasteiger partial charge in [-0.2, -0.15) is 5.10 Å². The third kappa shape index (κ3) is 5.34. The monoisotopic (exact) mass is 550 g/mol. The summed E-state index contributed by atoms with van der Waals surface area (Å²) in [6.07, 6.45) is 0. The summed E-state index contributed by atoms with van der Waals surface area (Å²) in [6, 6.07) is 19.1. The summed E-state index contributed by atoms with van der Waals surface area (Å²) in [5.41, 5.74) is 0.926. The molecule has 5 rings (SSSR count). The van der Waals surface area contributed by atoms with Crippen LogP contribution in [0.1, 0.15) is 43.2 Å². The molecule has 2 heterocycles. The van der Waals surface area contributed by atoms with E-state index < -0.39 is 28.9 Å². The standard InChI is InChI=1S/C28H20F2N2O6S/c1-36-24-20(6-4-8-22(24)37-15-18-13-14-23(38-18)28(34)35)27-32(26(33)19-5-2-3-7-21(19)30)31-25(39-27)16-9-11-17(29)12-10-16/h2-14,27H,15H2,1H3,(H,34,35). The van der Waals surface area contributed by atoms with Gasteiger partial charge in [0.25, 0.3) is 5.91 Å². The molecule has 0 aliphatic carbocycles. The number of nitrogens with zero attached hydrogens (tertiary/aromatic N) is 2. The van der Waals surface area contributed by atoms with Crippen LogP contribution in [0.3, 0.4) is 0 Å². The number of thioether (sulfide) groups is 1. The van der Waals surface area contributed by atoms with Gasteiger partial charge in [0.15, 0.2) is 11.5 Å². The largest absolute Gasteiger partial charge is 0.492 e. The van der Waals surface area contributed by atoms with E-state index >= 15 is 0 Å². The number of carboxylic acid groups (broad SMARTS) is 1. The van der Waals surface area contributed by atoms with Crippen molar-refractivity contribution in [2.75, 3.05) is 7.11 Å². The Bertz CT molecular complexity index is 1570. The Morgan fingerprint density at radius 1 is 1.03 bits per heavy atom. The topological polar surface area (TPSA) is 102 Å². The van der Waals surface area contributed by atoms with Crippen molar-refractivity contribution >= 4 is 28.7 Å². The van der Waals surface area contributed by atoms with Crippen LogP contribution >= 0.6 is 11.8 Å². The average molecular weight is 551 g/mol. The van der Waals surface area contributed by atoms with E-state index in [0.29, 0.717) is 27.7 Å². The van der Waals surface area contributed by atoms with E-state index in [1.54, 1.807) is 36.4 Å². The average Bonchev–Trinajstić information content (AvgIpc) is 3.60. The number of hydrogen-bond acceptors (Lipinski definition) is 7. The Morgan fingerprint density at radius 3 is 2.49 bits per heavy atom. The van der Waals surface area contributed by atoms with E-state index in [9.17, 15) is 18.4 Å². The predicted molar refractivity (Wildman–Crippen MR) is 139 cm³/mol. The van der Waals surface area contributed by atoms with Gasteiger partial charge in [-0.05, 0) is 54.6 Å². The highest BCUT2D eigenvalue weighted by molar-refractivity contribution is 8.14. The van der Waals surface area contributed by atoms with Crippen molar-refractivity contribution < 1.29 is 37.4 Å². The molecule has 4 aromatic rings. The third-order valence-corrected chi connectivity index (χ3v) is 6.99. The number of ether oxygens (including phenoxy) is 2. The Morgan fingerprint density at radius 2 is 1.79 bits per heavy atom. The minimum atomic E-state index is -1.20. The summed E-state index contributed by atoms with van der Waals surface area (Å²) in [4.78, 5) is 24.6. The first kappa shape index (κ1) is 26.0. The first-order valence-corrected chi connectivity index (χ1v) is 12.4. The number of furan rings is 1. The number of aromatic carboxylic acids is 1. The van der Waals surface area contributed by atoms with Crippen molar-refractivity contribution in [1.29, 1.82) is 0 Å². The van der Waals surface area contributed by atoms with E-state index in [2.05, 4.69) is 5.10 Å². The van der Waals surface area contributed by atoms with Crippen molar-refractivity contribution in [3.05, 3.63) is 119 Å². The maximum atomic E-state index is 14.6. The molecule has 198 valence electrons. The molecule has 8 nitrogen and oxygen atoms in total. The van der Waals surface area contributed by atoms with Crippen LogP contribution in [0.15, 0.2) is 88.4 Å². The van der Waals surface area contributed by atoms with E-state index in [0.717, 1.165) is 5.01 Å². The zero-order valence-corrected chi connectivity index (χ0v) is 21.2. The first-order valence-electron chi connectivity index (χ1n) is 11.6. The first-order chi connectivity index (χ1) is 18.9. The highest BCUT2D eigenvalue weighted by Gasteiger charge is 2.37. The maximum absolute atomic E-state index is 14.6. The number of carboxylic acids is 1. The summed E-state index contributed by atoms with van der Waals surface area (Å²) in [6.45, 7) is -0.0832. The van der Waals surface area contributed by atoms with Crippen LogP contribution < -0.4 is 9.47 Å². The molecule has 1 amide bonds. The fourth-order valence-electron chi connectivity index (χ4n) is 3.93. The lowest BCUT2D eigenvalue weighted by Crippen LogP contribution is -2.27. The van der Waals surface area contributed by atoms with Crippen LogP contribution in [0.25, 0.3) is 0 Å². The zero-order chi connectivity index (χ0) is 27.5. The Balaban J connectivity index is 1.50. The number of hydrogen-bond donors (Lipinski definition) is 1. The second-order valence-electron chi connectivity index (χ2n) is 8.25. The molecule has 0 spiro atoms. The molecule has 39 heavy (non-hydrogen) atoms. The van der Waals surface area contributed by atoms with Gasteiger partial charge in [0, 0.05) is 11.1 Å². The third-order valence-electron chi connectivity index (χ3n) is 5.77. The predicted octanol–water partition coefficient (Wildman–Crippen LogP) is 6.09. The lowest BCUT2D eigenvalue weighted by Gasteiger charge is -2.24. The van der Waals surface area contributed by atoms with Gasteiger partial charge in [-0.3, -0.25) is 4.79 Å². The molecule has 11 heteroatoms. The van der Waals surface area contributed by atoms with Crippen molar-refractivity contribution in [1.82, 2.24) is 5.01 Å². The molecule has 1 aliphatic rings. The van der Waals surface area contributed by atoms with E-state index in [-0.39, 0.29) is 23.7 Å². The molecule has 0 saturated carbocycles. The lowest BCUT2D eigenvalue weighted by molar-refractivity contribution is 0.0657. The van der Waals surface area contributed by atoms with Crippen LogP contribution in [0.2, 0.25) is 0 Å². The number of methoxy groups -OCH3 is 1. The van der Waals surface area contributed by atoms with Gasteiger partial charge in [-0.15, -0.1) is 0 Å². The number of benzene rings is 3. The number of amides is 1. The minimum Gasteiger partial charge on any atom is -0.492 e. The lowest BCUT2D eigenvalue weighted by atomic mass is 10.1. The summed E-state index contributed by atoms with van der Waals surface area (Å²) >= 11 is 1.21. The van der Waals surface area contributed by atoms with Crippen LogP contribution in [-0.2, 0) is 6.61 Å². The van der Waals surface area contributed by atoms with Gasteiger partial charge in [0.2, 0.25) is 5.76 Å². The summed E-state index contributed by atoms with van der Waals surface area (Å²) in [5.74, 6) is -2.32. The molecule has 0 saturated heterocycles. The molecular formula is C28H20F2N2O6S. The summed E-state index contributed by atoms with van der Waals surface area (Å²) in [7, 11) is 1.44. The number of carbonyl (C=O) groups excluding carboxylic acids is 1. The number of halogens is 2.